The number of amides is 1. The number of carbonyl (C=O) groups excluding carboxylic acids is 1. The van der Waals surface area contributed by atoms with Gasteiger partial charge in [-0.15, -0.1) is 11.3 Å². The van der Waals surface area contributed by atoms with Crippen LogP contribution in [0.15, 0.2) is 35.8 Å². The van der Waals surface area contributed by atoms with Gasteiger partial charge in [0.2, 0.25) is 0 Å². The number of hydrogen-bond donors (Lipinski definition) is 1. The summed E-state index contributed by atoms with van der Waals surface area (Å²) in [6.45, 7) is 3.88. The predicted octanol–water partition coefficient (Wildman–Crippen LogP) is 2.31. The molecular formula is C15H19N3OS. The van der Waals surface area contributed by atoms with Gasteiger partial charge in [-0.25, -0.2) is 4.98 Å². The molecular weight excluding hydrogens is 270 g/mol. The summed E-state index contributed by atoms with van der Waals surface area (Å²) >= 11 is 1.62. The van der Waals surface area contributed by atoms with Crippen LogP contribution in [0, 0.1) is 0 Å². The van der Waals surface area contributed by atoms with Crippen LogP contribution in [0.1, 0.15) is 27.9 Å². The molecule has 0 radical (unpaired) electrons. The lowest BCUT2D eigenvalue weighted by Crippen LogP contribution is -2.32. The first-order chi connectivity index (χ1) is 9.74. The number of carbonyl (C=O) groups is 1. The lowest BCUT2D eigenvalue weighted by atomic mass is 10.1. The zero-order valence-electron chi connectivity index (χ0n) is 11.6. The van der Waals surface area contributed by atoms with E-state index in [0.717, 1.165) is 17.0 Å². The van der Waals surface area contributed by atoms with Crippen LogP contribution in [0.5, 0.6) is 0 Å². The van der Waals surface area contributed by atoms with E-state index in [2.05, 4.69) is 4.98 Å². The summed E-state index contributed by atoms with van der Waals surface area (Å²) in [7, 11) is 0. The fraction of sp³-hybridized carbons (Fsp3) is 0.333. The molecule has 2 rings (SSSR count). The number of nitrogens with zero attached hydrogens (tertiary/aromatic N) is 2. The van der Waals surface area contributed by atoms with E-state index < -0.39 is 0 Å². The minimum Gasteiger partial charge on any atom is -0.339 e. The first-order valence-corrected chi connectivity index (χ1v) is 7.59. The van der Waals surface area contributed by atoms with E-state index in [4.69, 9.17) is 5.73 Å². The van der Waals surface area contributed by atoms with E-state index in [9.17, 15) is 4.79 Å². The maximum atomic E-state index is 12.4. The molecule has 106 valence electrons. The highest BCUT2D eigenvalue weighted by Crippen LogP contribution is 2.10. The number of nitrogens with two attached hydrogens (primary N) is 1. The number of likely N-dealkylation sites (N-methyl/N-ethyl adjacent to an activating group) is 1. The van der Waals surface area contributed by atoms with Crippen LogP contribution in [-0.4, -0.2) is 28.9 Å². The number of thiazole rings is 1. The van der Waals surface area contributed by atoms with Crippen molar-refractivity contribution in [1.29, 1.82) is 0 Å². The van der Waals surface area contributed by atoms with Crippen molar-refractivity contribution in [2.24, 2.45) is 5.73 Å². The van der Waals surface area contributed by atoms with E-state index in [1.165, 1.54) is 0 Å². The second kappa shape index (κ2) is 7.17. The Morgan fingerprint density at radius 3 is 2.65 bits per heavy atom. The molecule has 0 saturated carbocycles. The number of benzene rings is 1. The van der Waals surface area contributed by atoms with Gasteiger partial charge in [0.1, 0.15) is 0 Å². The maximum absolute atomic E-state index is 12.4. The Hall–Kier alpha value is -1.72. The van der Waals surface area contributed by atoms with E-state index in [-0.39, 0.29) is 5.91 Å². The summed E-state index contributed by atoms with van der Waals surface area (Å²) < 4.78 is 0. The molecule has 1 aromatic heterocycles. The molecule has 1 heterocycles. The molecule has 0 bridgehead atoms. The molecule has 0 atom stereocenters. The Balaban J connectivity index is 2.00. The maximum Gasteiger partial charge on any atom is 0.253 e. The largest absolute Gasteiger partial charge is 0.339 e. The van der Waals surface area contributed by atoms with E-state index in [1.807, 2.05) is 41.5 Å². The van der Waals surface area contributed by atoms with Crippen molar-refractivity contribution in [1.82, 2.24) is 9.88 Å². The molecule has 1 aromatic carbocycles. The molecule has 2 aromatic rings. The summed E-state index contributed by atoms with van der Waals surface area (Å²) in [6.07, 6.45) is 2.60. The van der Waals surface area contributed by atoms with E-state index in [1.54, 1.807) is 17.5 Å². The molecule has 0 saturated heterocycles. The molecule has 5 heteroatoms. The normalized spacial score (nSPS) is 10.5. The van der Waals surface area contributed by atoms with Crippen LogP contribution in [-0.2, 0) is 13.0 Å². The van der Waals surface area contributed by atoms with Gasteiger partial charge < -0.3 is 10.6 Å². The average Bonchev–Trinajstić information content (AvgIpc) is 3.01. The molecule has 20 heavy (non-hydrogen) atoms. The monoisotopic (exact) mass is 289 g/mol. The first kappa shape index (κ1) is 14.7. The highest BCUT2D eigenvalue weighted by atomic mass is 32.1. The summed E-state index contributed by atoms with van der Waals surface area (Å²) in [5.74, 6) is 0.0626. The summed E-state index contributed by atoms with van der Waals surface area (Å²) in [5.41, 5.74) is 7.31. The minimum absolute atomic E-state index is 0.0626. The molecule has 0 fully saturated rings. The number of aromatic nitrogens is 1. The van der Waals surface area contributed by atoms with Gasteiger partial charge in [0.15, 0.2) is 0 Å². The Morgan fingerprint density at radius 2 is 2.10 bits per heavy atom. The third-order valence-corrected chi connectivity index (χ3v) is 4.02. The third kappa shape index (κ3) is 3.65. The lowest BCUT2D eigenvalue weighted by molar-refractivity contribution is 0.0766. The van der Waals surface area contributed by atoms with Gasteiger partial charge in [-0.3, -0.25) is 4.79 Å². The highest BCUT2D eigenvalue weighted by molar-refractivity contribution is 7.09. The van der Waals surface area contributed by atoms with Crippen LogP contribution in [0.2, 0.25) is 0 Å². The molecule has 2 N–H and O–H groups in total. The van der Waals surface area contributed by atoms with Crippen LogP contribution in [0.25, 0.3) is 0 Å². The molecule has 1 amide bonds. The van der Waals surface area contributed by atoms with Gasteiger partial charge in [0.25, 0.3) is 5.91 Å². The SMILES string of the molecule is CCN(CCc1nccs1)C(=O)c1ccc(CN)cc1. The Kier molecular flexibility index (Phi) is 5.26. The van der Waals surface area contributed by atoms with Crippen LogP contribution >= 0.6 is 11.3 Å². The Bertz CT molecular complexity index is 537. The summed E-state index contributed by atoms with van der Waals surface area (Å²) in [4.78, 5) is 18.5. The van der Waals surface area contributed by atoms with Crippen molar-refractivity contribution >= 4 is 17.2 Å². The van der Waals surface area contributed by atoms with Gasteiger partial charge >= 0.3 is 0 Å². The molecule has 0 aliphatic carbocycles. The second-order valence-corrected chi connectivity index (χ2v) is 5.44. The van der Waals surface area contributed by atoms with Gasteiger partial charge in [-0.2, -0.15) is 0 Å². The molecule has 0 aliphatic rings. The fourth-order valence-corrected chi connectivity index (χ4v) is 2.59. The van der Waals surface area contributed by atoms with Crippen molar-refractivity contribution < 1.29 is 4.79 Å². The third-order valence-electron chi connectivity index (χ3n) is 3.18. The van der Waals surface area contributed by atoms with Crippen molar-refractivity contribution in [3.8, 4) is 0 Å². The zero-order chi connectivity index (χ0) is 14.4. The lowest BCUT2D eigenvalue weighted by Gasteiger charge is -2.20. The van der Waals surface area contributed by atoms with Crippen LogP contribution < -0.4 is 5.73 Å². The van der Waals surface area contributed by atoms with Crippen molar-refractivity contribution in [2.75, 3.05) is 13.1 Å². The number of rotatable bonds is 6. The topological polar surface area (TPSA) is 59.2 Å². The standard InChI is InChI=1S/C15H19N3OS/c1-2-18(9-7-14-17-8-10-20-14)15(19)13-5-3-12(11-16)4-6-13/h3-6,8,10H,2,7,9,11,16H2,1H3. The average molecular weight is 289 g/mol. The quantitative estimate of drug-likeness (QED) is 0.887. The smallest absolute Gasteiger partial charge is 0.253 e. The number of hydrogen-bond acceptors (Lipinski definition) is 4. The Labute approximate surface area is 123 Å². The minimum atomic E-state index is 0.0626. The summed E-state index contributed by atoms with van der Waals surface area (Å²) in [6, 6.07) is 7.50. The van der Waals surface area contributed by atoms with Gasteiger partial charge in [-0.05, 0) is 24.6 Å². The molecule has 0 aliphatic heterocycles. The highest BCUT2D eigenvalue weighted by Gasteiger charge is 2.14. The van der Waals surface area contributed by atoms with Crippen molar-refractivity contribution in [3.63, 3.8) is 0 Å². The van der Waals surface area contributed by atoms with Gasteiger partial charge in [0, 0.05) is 43.2 Å². The molecule has 0 unspecified atom stereocenters. The second-order valence-electron chi connectivity index (χ2n) is 4.46. The van der Waals surface area contributed by atoms with Gasteiger partial charge in [-0.1, -0.05) is 12.1 Å². The Morgan fingerprint density at radius 1 is 1.35 bits per heavy atom. The van der Waals surface area contributed by atoms with Crippen molar-refractivity contribution in [2.45, 2.75) is 19.9 Å². The van der Waals surface area contributed by atoms with Crippen molar-refractivity contribution in [3.05, 3.63) is 52.0 Å². The van der Waals surface area contributed by atoms with E-state index in [0.29, 0.717) is 25.2 Å². The van der Waals surface area contributed by atoms with Crippen LogP contribution in [0.3, 0.4) is 0 Å². The predicted molar refractivity (Wildman–Crippen MR) is 81.7 cm³/mol. The van der Waals surface area contributed by atoms with E-state index >= 15 is 0 Å². The zero-order valence-corrected chi connectivity index (χ0v) is 12.4. The molecule has 0 spiro atoms. The summed E-state index contributed by atoms with van der Waals surface area (Å²) in [5, 5.41) is 3.02. The van der Waals surface area contributed by atoms with Crippen LogP contribution in [0.4, 0.5) is 0 Å². The molecule has 4 nitrogen and oxygen atoms in total. The van der Waals surface area contributed by atoms with Gasteiger partial charge in [0.05, 0.1) is 5.01 Å². The fourth-order valence-electron chi connectivity index (χ4n) is 1.98. The first-order valence-electron chi connectivity index (χ1n) is 6.71.